The average molecular weight is 243 g/mol. The Balaban J connectivity index is 2.09. The molecule has 0 N–H and O–H groups in total. The zero-order chi connectivity index (χ0) is 12.1. The van der Waals surface area contributed by atoms with Gasteiger partial charge in [0.15, 0.2) is 6.29 Å². The van der Waals surface area contributed by atoms with E-state index in [1.807, 2.05) is 6.07 Å². The van der Waals surface area contributed by atoms with Crippen molar-refractivity contribution in [1.82, 2.24) is 4.98 Å². The average Bonchev–Trinajstić information content (AvgIpc) is 2.37. The van der Waals surface area contributed by atoms with Crippen molar-refractivity contribution in [1.29, 1.82) is 0 Å². The van der Waals surface area contributed by atoms with Crippen molar-refractivity contribution in [3.63, 3.8) is 0 Å². The molecule has 1 heterocycles. The number of hydrogen-bond acceptors (Lipinski definition) is 3. The van der Waals surface area contributed by atoms with Gasteiger partial charge >= 0.3 is 0 Å². The fourth-order valence-corrected chi connectivity index (χ4v) is 2.47. The summed E-state index contributed by atoms with van der Waals surface area (Å²) in [5.74, 6) is 0.833. The van der Waals surface area contributed by atoms with E-state index in [2.05, 4.69) is 30.1 Å². The first-order valence-electron chi connectivity index (χ1n) is 5.38. The number of carbonyl (C=O) groups is 1. The molecular formula is C14H13NOS. The smallest absolute Gasteiger partial charge is 0.152 e. The Hall–Kier alpha value is -1.61. The fourth-order valence-electron chi connectivity index (χ4n) is 1.57. The highest BCUT2D eigenvalue weighted by Crippen LogP contribution is 2.23. The molecule has 2 aromatic rings. The molecule has 0 radical (unpaired) electrons. The molecule has 0 aliphatic heterocycles. The molecule has 0 aliphatic carbocycles. The van der Waals surface area contributed by atoms with Crippen molar-refractivity contribution in [3.05, 3.63) is 59.3 Å². The van der Waals surface area contributed by atoms with Crippen molar-refractivity contribution in [3.8, 4) is 0 Å². The van der Waals surface area contributed by atoms with Gasteiger partial charge in [-0.15, -0.1) is 11.8 Å². The normalized spacial score (nSPS) is 10.2. The maximum absolute atomic E-state index is 10.8. The Kier molecular flexibility index (Phi) is 3.94. The molecule has 0 spiro atoms. The molecule has 17 heavy (non-hydrogen) atoms. The lowest BCUT2D eigenvalue weighted by Gasteiger charge is -2.04. The lowest BCUT2D eigenvalue weighted by atomic mass is 10.2. The Bertz CT molecular complexity index is 525. The topological polar surface area (TPSA) is 30.0 Å². The Morgan fingerprint density at radius 3 is 2.94 bits per heavy atom. The first-order chi connectivity index (χ1) is 8.29. The van der Waals surface area contributed by atoms with Crippen LogP contribution >= 0.6 is 11.8 Å². The highest BCUT2D eigenvalue weighted by atomic mass is 32.2. The second-order valence-corrected chi connectivity index (χ2v) is 4.76. The summed E-state index contributed by atoms with van der Waals surface area (Å²) in [5.41, 5.74) is 3.15. The van der Waals surface area contributed by atoms with Crippen LogP contribution in [0.1, 0.15) is 21.5 Å². The minimum Gasteiger partial charge on any atom is -0.298 e. The number of hydrogen-bond donors (Lipinski definition) is 0. The minimum absolute atomic E-state index is 0.658. The summed E-state index contributed by atoms with van der Waals surface area (Å²) in [6.45, 7) is 2.08. The largest absolute Gasteiger partial charge is 0.298 e. The molecule has 1 aromatic carbocycles. The standard InChI is InChI=1S/C14H13NOS/c1-11-4-2-5-12(8-11)10-17-14-13(9-16)6-3-7-15-14/h2-9H,10H2,1H3. The van der Waals surface area contributed by atoms with Gasteiger partial charge in [0.1, 0.15) is 5.03 Å². The Morgan fingerprint density at radius 1 is 1.29 bits per heavy atom. The minimum atomic E-state index is 0.658. The number of benzene rings is 1. The van der Waals surface area contributed by atoms with E-state index in [1.165, 1.54) is 11.1 Å². The zero-order valence-electron chi connectivity index (χ0n) is 9.59. The number of pyridine rings is 1. The van der Waals surface area contributed by atoms with Gasteiger partial charge in [0.25, 0.3) is 0 Å². The first kappa shape index (κ1) is 11.9. The predicted molar refractivity (Wildman–Crippen MR) is 70.4 cm³/mol. The highest BCUT2D eigenvalue weighted by Gasteiger charge is 2.03. The first-order valence-corrected chi connectivity index (χ1v) is 6.36. The van der Waals surface area contributed by atoms with Crippen LogP contribution in [-0.4, -0.2) is 11.3 Å². The van der Waals surface area contributed by atoms with Crippen LogP contribution in [0.4, 0.5) is 0 Å². The third-order valence-electron chi connectivity index (χ3n) is 2.39. The van der Waals surface area contributed by atoms with Crippen molar-refractivity contribution in [2.75, 3.05) is 0 Å². The fraction of sp³-hybridized carbons (Fsp3) is 0.143. The Labute approximate surface area is 105 Å². The van der Waals surface area contributed by atoms with Gasteiger partial charge in [-0.25, -0.2) is 4.98 Å². The van der Waals surface area contributed by atoms with Crippen LogP contribution in [0, 0.1) is 6.92 Å². The third kappa shape index (κ3) is 3.17. The molecule has 0 unspecified atom stereocenters. The monoisotopic (exact) mass is 243 g/mol. The number of aldehydes is 1. The molecule has 0 atom stereocenters. The van der Waals surface area contributed by atoms with E-state index in [1.54, 1.807) is 30.1 Å². The molecule has 0 bridgehead atoms. The molecule has 0 saturated carbocycles. The molecule has 0 fully saturated rings. The molecule has 0 saturated heterocycles. The number of aromatic nitrogens is 1. The molecule has 0 amide bonds. The zero-order valence-corrected chi connectivity index (χ0v) is 10.4. The van der Waals surface area contributed by atoms with E-state index in [0.29, 0.717) is 5.56 Å². The maximum atomic E-state index is 10.8. The van der Waals surface area contributed by atoms with Gasteiger partial charge in [0.05, 0.1) is 0 Å². The van der Waals surface area contributed by atoms with Crippen LogP contribution in [0.15, 0.2) is 47.6 Å². The van der Waals surface area contributed by atoms with Gasteiger partial charge in [-0.3, -0.25) is 4.79 Å². The van der Waals surface area contributed by atoms with Crippen LogP contribution in [0.2, 0.25) is 0 Å². The molecule has 1 aromatic heterocycles. The number of nitrogens with zero attached hydrogens (tertiary/aromatic N) is 1. The van der Waals surface area contributed by atoms with Crippen LogP contribution in [0.5, 0.6) is 0 Å². The summed E-state index contributed by atoms with van der Waals surface area (Å²) in [6.07, 6.45) is 2.57. The SMILES string of the molecule is Cc1cccc(CSc2ncccc2C=O)c1. The van der Waals surface area contributed by atoms with Crippen molar-refractivity contribution in [2.45, 2.75) is 17.7 Å². The van der Waals surface area contributed by atoms with E-state index in [4.69, 9.17) is 0 Å². The van der Waals surface area contributed by atoms with Gasteiger partial charge < -0.3 is 0 Å². The summed E-state index contributed by atoms with van der Waals surface area (Å²) in [4.78, 5) is 15.1. The molecule has 2 nitrogen and oxygen atoms in total. The Morgan fingerprint density at radius 2 is 2.18 bits per heavy atom. The summed E-state index contributed by atoms with van der Waals surface area (Å²) in [5, 5.41) is 0.795. The van der Waals surface area contributed by atoms with Crippen molar-refractivity contribution in [2.24, 2.45) is 0 Å². The molecule has 0 aliphatic rings. The lowest BCUT2D eigenvalue weighted by molar-refractivity contribution is 0.112. The van der Waals surface area contributed by atoms with E-state index in [0.717, 1.165) is 17.1 Å². The molecule has 2 rings (SSSR count). The molecule has 3 heteroatoms. The van der Waals surface area contributed by atoms with E-state index < -0.39 is 0 Å². The number of aryl methyl sites for hydroxylation is 1. The second kappa shape index (κ2) is 5.64. The van der Waals surface area contributed by atoms with Crippen LogP contribution in [0.3, 0.4) is 0 Å². The summed E-state index contributed by atoms with van der Waals surface area (Å²) >= 11 is 1.59. The van der Waals surface area contributed by atoms with Crippen molar-refractivity contribution >= 4 is 18.0 Å². The van der Waals surface area contributed by atoms with Crippen LogP contribution in [-0.2, 0) is 5.75 Å². The lowest BCUT2D eigenvalue weighted by Crippen LogP contribution is -1.89. The highest BCUT2D eigenvalue weighted by molar-refractivity contribution is 7.98. The predicted octanol–water partition coefficient (Wildman–Crippen LogP) is 3.49. The van der Waals surface area contributed by atoms with Gasteiger partial charge in [0, 0.05) is 17.5 Å². The third-order valence-corrected chi connectivity index (χ3v) is 3.48. The molecule has 86 valence electrons. The van der Waals surface area contributed by atoms with Gasteiger partial charge in [-0.05, 0) is 24.6 Å². The molecular weight excluding hydrogens is 230 g/mol. The maximum Gasteiger partial charge on any atom is 0.152 e. The number of thioether (sulfide) groups is 1. The number of carbonyl (C=O) groups excluding carboxylic acids is 1. The summed E-state index contributed by atoms with van der Waals surface area (Å²) < 4.78 is 0. The van der Waals surface area contributed by atoms with Gasteiger partial charge in [-0.1, -0.05) is 29.8 Å². The quantitative estimate of drug-likeness (QED) is 0.608. The van der Waals surface area contributed by atoms with Gasteiger partial charge in [0.2, 0.25) is 0 Å². The van der Waals surface area contributed by atoms with Crippen molar-refractivity contribution < 1.29 is 4.79 Å². The summed E-state index contributed by atoms with van der Waals surface area (Å²) in [6, 6.07) is 11.9. The number of rotatable bonds is 4. The van der Waals surface area contributed by atoms with Gasteiger partial charge in [-0.2, -0.15) is 0 Å². The second-order valence-electron chi connectivity index (χ2n) is 3.79. The summed E-state index contributed by atoms with van der Waals surface area (Å²) in [7, 11) is 0. The van der Waals surface area contributed by atoms with E-state index >= 15 is 0 Å². The van der Waals surface area contributed by atoms with E-state index in [-0.39, 0.29) is 0 Å². The van der Waals surface area contributed by atoms with Crippen LogP contribution < -0.4 is 0 Å². The van der Waals surface area contributed by atoms with E-state index in [9.17, 15) is 4.79 Å². The van der Waals surface area contributed by atoms with Crippen LogP contribution in [0.25, 0.3) is 0 Å².